The van der Waals surface area contributed by atoms with Gasteiger partial charge in [-0.25, -0.2) is 4.57 Å². The molecule has 0 aromatic carbocycles. The van der Waals surface area contributed by atoms with E-state index in [0.29, 0.717) is 13.2 Å². The highest BCUT2D eigenvalue weighted by atomic mass is 31.2. The Hall–Kier alpha value is 0.0700. The molecule has 1 aliphatic rings. The average Bonchev–Trinajstić information content (AvgIpc) is 2.11. The van der Waals surface area contributed by atoms with Gasteiger partial charge in [0.15, 0.2) is 0 Å². The van der Waals surface area contributed by atoms with Crippen molar-refractivity contribution in [2.45, 2.75) is 39.9 Å². The van der Waals surface area contributed by atoms with Crippen LogP contribution >= 0.6 is 7.82 Å². The van der Waals surface area contributed by atoms with Gasteiger partial charge >= 0.3 is 7.82 Å². The van der Waals surface area contributed by atoms with E-state index in [9.17, 15) is 9.67 Å². The smallest absolute Gasteiger partial charge is 0.391 e. The van der Waals surface area contributed by atoms with E-state index in [1.807, 2.05) is 13.8 Å². The second-order valence-electron chi connectivity index (χ2n) is 4.71. The van der Waals surface area contributed by atoms with Gasteiger partial charge in [-0.05, 0) is 13.8 Å². The van der Waals surface area contributed by atoms with E-state index in [2.05, 4.69) is 0 Å². The molecule has 0 spiro atoms. The monoisotopic (exact) mass is 238 g/mol. The minimum atomic E-state index is -3.46. The predicted octanol–water partition coefficient (Wildman–Crippen LogP) is 1.95. The van der Waals surface area contributed by atoms with Crippen molar-refractivity contribution in [3.63, 3.8) is 0 Å². The highest BCUT2D eigenvalue weighted by molar-refractivity contribution is 7.48. The Labute approximate surface area is 90.3 Å². The summed E-state index contributed by atoms with van der Waals surface area (Å²) in [4.78, 5) is 0. The van der Waals surface area contributed by atoms with Crippen molar-refractivity contribution in [1.82, 2.24) is 0 Å². The number of rotatable bonds is 3. The number of aliphatic hydroxyl groups is 1. The molecule has 0 radical (unpaired) electrons. The lowest BCUT2D eigenvalue weighted by Gasteiger charge is -2.34. The van der Waals surface area contributed by atoms with Crippen molar-refractivity contribution in [1.29, 1.82) is 0 Å². The van der Waals surface area contributed by atoms with Crippen LogP contribution in [0.1, 0.15) is 27.7 Å². The van der Waals surface area contributed by atoms with Gasteiger partial charge < -0.3 is 5.11 Å². The van der Waals surface area contributed by atoms with E-state index in [0.717, 1.165) is 0 Å². The molecule has 0 aromatic heterocycles. The van der Waals surface area contributed by atoms with E-state index in [1.54, 1.807) is 13.8 Å². The van der Waals surface area contributed by atoms with Crippen LogP contribution in [0.4, 0.5) is 0 Å². The standard InChI is InChI=1S/C9H19O5P/c1-7(10)8(2)14-15(11)12-5-9(3,4)6-13-15/h7-8,10H,5-6H2,1-4H3. The van der Waals surface area contributed by atoms with Crippen LogP contribution in [0.25, 0.3) is 0 Å². The third-order valence-corrected chi connectivity index (χ3v) is 3.68. The van der Waals surface area contributed by atoms with Crippen molar-refractivity contribution in [2.24, 2.45) is 5.41 Å². The lowest BCUT2D eigenvalue weighted by Crippen LogP contribution is -2.32. The minimum Gasteiger partial charge on any atom is -0.391 e. The maximum Gasteiger partial charge on any atom is 0.475 e. The molecule has 0 bridgehead atoms. The SMILES string of the molecule is CC(O)C(C)OP1(=O)OCC(C)(C)CO1. The Morgan fingerprint density at radius 1 is 1.33 bits per heavy atom. The van der Waals surface area contributed by atoms with Crippen molar-refractivity contribution in [3.8, 4) is 0 Å². The van der Waals surface area contributed by atoms with Crippen LogP contribution in [0.3, 0.4) is 0 Å². The maximum atomic E-state index is 11.9. The number of phosphoric ester groups is 1. The molecule has 1 aliphatic heterocycles. The van der Waals surface area contributed by atoms with Gasteiger partial charge in [-0.3, -0.25) is 13.6 Å². The summed E-state index contributed by atoms with van der Waals surface area (Å²) < 4.78 is 27.2. The molecule has 15 heavy (non-hydrogen) atoms. The molecule has 1 heterocycles. The topological polar surface area (TPSA) is 65.0 Å². The second kappa shape index (κ2) is 4.52. The lowest BCUT2D eigenvalue weighted by molar-refractivity contribution is -0.0303. The van der Waals surface area contributed by atoms with Gasteiger partial charge in [-0.1, -0.05) is 13.8 Å². The Morgan fingerprint density at radius 3 is 2.20 bits per heavy atom. The molecule has 1 saturated heterocycles. The predicted molar refractivity (Wildman–Crippen MR) is 55.5 cm³/mol. The largest absolute Gasteiger partial charge is 0.475 e. The van der Waals surface area contributed by atoms with Crippen LogP contribution in [0, 0.1) is 5.41 Å². The first kappa shape index (κ1) is 13.1. The van der Waals surface area contributed by atoms with Crippen LogP contribution < -0.4 is 0 Å². The van der Waals surface area contributed by atoms with Crippen LogP contribution in [0.5, 0.6) is 0 Å². The summed E-state index contributed by atoms with van der Waals surface area (Å²) in [5.74, 6) is 0. The van der Waals surface area contributed by atoms with Crippen LogP contribution in [0.15, 0.2) is 0 Å². The number of phosphoric acid groups is 1. The van der Waals surface area contributed by atoms with Crippen LogP contribution in [-0.2, 0) is 18.1 Å². The van der Waals surface area contributed by atoms with Crippen molar-refractivity contribution < 1.29 is 23.2 Å². The molecule has 0 saturated carbocycles. The van der Waals surface area contributed by atoms with Crippen LogP contribution in [0.2, 0.25) is 0 Å². The third kappa shape index (κ3) is 3.85. The maximum absolute atomic E-state index is 11.9. The normalized spacial score (nSPS) is 28.3. The zero-order valence-corrected chi connectivity index (χ0v) is 10.5. The van der Waals surface area contributed by atoms with Gasteiger partial charge in [-0.2, -0.15) is 0 Å². The minimum absolute atomic E-state index is 0.147. The molecule has 90 valence electrons. The molecule has 0 aromatic rings. The van der Waals surface area contributed by atoms with Gasteiger partial charge in [0, 0.05) is 5.41 Å². The molecule has 2 atom stereocenters. The van der Waals surface area contributed by atoms with Crippen molar-refractivity contribution in [2.75, 3.05) is 13.2 Å². The van der Waals surface area contributed by atoms with E-state index in [4.69, 9.17) is 13.6 Å². The molecule has 2 unspecified atom stereocenters. The van der Waals surface area contributed by atoms with Gasteiger partial charge in [0.2, 0.25) is 0 Å². The van der Waals surface area contributed by atoms with Gasteiger partial charge in [0.25, 0.3) is 0 Å². The average molecular weight is 238 g/mol. The Balaban J connectivity index is 2.52. The van der Waals surface area contributed by atoms with E-state index >= 15 is 0 Å². The van der Waals surface area contributed by atoms with Gasteiger partial charge in [-0.15, -0.1) is 0 Å². The summed E-state index contributed by atoms with van der Waals surface area (Å²) in [6.45, 7) is 7.75. The molecule has 1 N–H and O–H groups in total. The Bertz CT molecular complexity index is 249. The molecule has 6 heteroatoms. The summed E-state index contributed by atoms with van der Waals surface area (Å²) in [5, 5.41) is 9.21. The first-order chi connectivity index (χ1) is 6.74. The van der Waals surface area contributed by atoms with Gasteiger partial charge in [0.05, 0.1) is 25.4 Å². The first-order valence-corrected chi connectivity index (χ1v) is 6.46. The third-order valence-electron chi connectivity index (χ3n) is 2.20. The van der Waals surface area contributed by atoms with Gasteiger partial charge in [0.1, 0.15) is 0 Å². The molecule has 1 rings (SSSR count). The fourth-order valence-electron chi connectivity index (χ4n) is 0.939. The van der Waals surface area contributed by atoms with E-state index in [1.165, 1.54) is 0 Å². The molecule has 1 fully saturated rings. The number of aliphatic hydroxyl groups excluding tert-OH is 1. The van der Waals surface area contributed by atoms with Crippen molar-refractivity contribution in [3.05, 3.63) is 0 Å². The molecule has 0 amide bonds. The molecular formula is C9H19O5P. The summed E-state index contributed by atoms with van der Waals surface area (Å²) in [7, 11) is -3.46. The van der Waals surface area contributed by atoms with E-state index < -0.39 is 20.0 Å². The van der Waals surface area contributed by atoms with Crippen molar-refractivity contribution >= 4 is 7.82 Å². The molecule has 0 aliphatic carbocycles. The fourth-order valence-corrected chi connectivity index (χ4v) is 2.73. The zero-order chi connectivity index (χ0) is 11.7. The lowest BCUT2D eigenvalue weighted by atomic mass is 9.97. The zero-order valence-electron chi connectivity index (χ0n) is 9.60. The number of hydrogen-bond acceptors (Lipinski definition) is 5. The second-order valence-corrected chi connectivity index (χ2v) is 6.33. The summed E-state index contributed by atoms with van der Waals surface area (Å²) >= 11 is 0. The highest BCUT2D eigenvalue weighted by Gasteiger charge is 2.39. The summed E-state index contributed by atoms with van der Waals surface area (Å²) in [5.41, 5.74) is -0.147. The fraction of sp³-hybridized carbons (Fsp3) is 1.00. The summed E-state index contributed by atoms with van der Waals surface area (Å²) in [6, 6.07) is 0. The quantitative estimate of drug-likeness (QED) is 0.761. The van der Waals surface area contributed by atoms with E-state index in [-0.39, 0.29) is 5.41 Å². The Kier molecular flexibility index (Phi) is 3.95. The molecular weight excluding hydrogens is 219 g/mol. The molecule has 5 nitrogen and oxygen atoms in total. The first-order valence-electron chi connectivity index (χ1n) is 5.00. The highest BCUT2D eigenvalue weighted by Crippen LogP contribution is 2.55. The Morgan fingerprint density at radius 2 is 1.80 bits per heavy atom. The number of hydrogen-bond donors (Lipinski definition) is 1. The van der Waals surface area contributed by atoms with Crippen LogP contribution in [-0.4, -0.2) is 30.5 Å². The summed E-state index contributed by atoms with van der Waals surface area (Å²) in [6.07, 6.45) is -1.28.